The minimum absolute atomic E-state index is 0.0612. The standard InChI is InChI=1S/C29H35N5O4S/c1-19(2)27(30)39-28(31)20-9-11-23(12-10-20)38-24-17-21(7-8-22(24)18-34-15-4-6-26(34)36)29(37)32-13-16-33-14-3-5-25(33)35/h7-12,17,19,30-31H,3-6,13-16,18H2,1-2H3,(H,32,37). The van der Waals surface area contributed by atoms with E-state index in [9.17, 15) is 14.4 Å². The van der Waals surface area contributed by atoms with Gasteiger partial charge in [0.1, 0.15) is 16.5 Å². The third-order valence-corrected chi connectivity index (χ3v) is 7.91. The zero-order chi connectivity index (χ0) is 27.9. The van der Waals surface area contributed by atoms with Gasteiger partial charge in [0, 0.05) is 68.2 Å². The summed E-state index contributed by atoms with van der Waals surface area (Å²) in [7, 11) is 0. The van der Waals surface area contributed by atoms with Crippen LogP contribution in [0.1, 0.15) is 61.0 Å². The first-order chi connectivity index (χ1) is 18.7. The zero-order valence-electron chi connectivity index (χ0n) is 22.4. The van der Waals surface area contributed by atoms with Crippen LogP contribution in [0, 0.1) is 16.7 Å². The van der Waals surface area contributed by atoms with Gasteiger partial charge in [-0.15, -0.1) is 0 Å². The van der Waals surface area contributed by atoms with Crippen LogP contribution in [-0.2, 0) is 16.1 Å². The van der Waals surface area contributed by atoms with E-state index in [1.165, 1.54) is 0 Å². The van der Waals surface area contributed by atoms with Gasteiger partial charge in [0.2, 0.25) is 11.8 Å². The molecule has 2 aliphatic heterocycles. The topological polar surface area (TPSA) is 127 Å². The average molecular weight is 550 g/mol. The van der Waals surface area contributed by atoms with E-state index in [1.807, 2.05) is 19.9 Å². The van der Waals surface area contributed by atoms with Crippen molar-refractivity contribution in [1.82, 2.24) is 15.1 Å². The number of carbonyl (C=O) groups excluding carboxylic acids is 3. The number of carbonyl (C=O) groups is 3. The number of thioether (sulfide) groups is 1. The van der Waals surface area contributed by atoms with Gasteiger partial charge in [-0.1, -0.05) is 31.7 Å². The fraction of sp³-hybridized carbons (Fsp3) is 0.414. The maximum Gasteiger partial charge on any atom is 0.251 e. The molecule has 0 bridgehead atoms. The Bertz CT molecular complexity index is 1260. The van der Waals surface area contributed by atoms with Crippen molar-refractivity contribution in [2.45, 2.75) is 46.1 Å². The summed E-state index contributed by atoms with van der Waals surface area (Å²) in [5.74, 6) is 1.05. The molecule has 0 aliphatic carbocycles. The van der Waals surface area contributed by atoms with E-state index in [-0.39, 0.29) is 23.6 Å². The van der Waals surface area contributed by atoms with Crippen LogP contribution in [0.2, 0.25) is 0 Å². The van der Waals surface area contributed by atoms with E-state index in [0.29, 0.717) is 71.7 Å². The predicted molar refractivity (Wildman–Crippen MR) is 153 cm³/mol. The fourth-order valence-corrected chi connectivity index (χ4v) is 5.14. The Balaban J connectivity index is 1.47. The maximum absolute atomic E-state index is 12.9. The Morgan fingerprint density at radius 3 is 2.23 bits per heavy atom. The Labute approximate surface area is 233 Å². The van der Waals surface area contributed by atoms with Crippen molar-refractivity contribution in [3.63, 3.8) is 0 Å². The summed E-state index contributed by atoms with van der Waals surface area (Å²) in [4.78, 5) is 40.5. The monoisotopic (exact) mass is 549 g/mol. The largest absolute Gasteiger partial charge is 0.457 e. The van der Waals surface area contributed by atoms with Gasteiger partial charge in [-0.2, -0.15) is 0 Å². The molecule has 0 radical (unpaired) electrons. The Hall–Kier alpha value is -3.66. The summed E-state index contributed by atoms with van der Waals surface area (Å²) in [6, 6.07) is 12.3. The number of likely N-dealkylation sites (tertiary alicyclic amines) is 2. The Morgan fingerprint density at radius 1 is 0.974 bits per heavy atom. The molecule has 2 aliphatic rings. The normalized spacial score (nSPS) is 15.3. The van der Waals surface area contributed by atoms with E-state index in [4.69, 9.17) is 15.6 Å². The smallest absolute Gasteiger partial charge is 0.251 e. The second-order valence-corrected chi connectivity index (χ2v) is 11.1. The number of hydrogen-bond donors (Lipinski definition) is 3. The highest BCUT2D eigenvalue weighted by Gasteiger charge is 2.23. The maximum atomic E-state index is 12.9. The van der Waals surface area contributed by atoms with Gasteiger partial charge in [-0.05, 0) is 49.2 Å². The number of hydrogen-bond acceptors (Lipinski definition) is 7. The molecule has 4 rings (SSSR count). The van der Waals surface area contributed by atoms with E-state index < -0.39 is 0 Å². The third-order valence-electron chi connectivity index (χ3n) is 6.78. The van der Waals surface area contributed by atoms with Crippen LogP contribution in [0.4, 0.5) is 0 Å². The summed E-state index contributed by atoms with van der Waals surface area (Å²) in [5.41, 5.74) is 1.91. The molecule has 39 heavy (non-hydrogen) atoms. The first-order valence-electron chi connectivity index (χ1n) is 13.3. The van der Waals surface area contributed by atoms with Crippen molar-refractivity contribution in [3.05, 3.63) is 59.2 Å². The molecular weight excluding hydrogens is 514 g/mol. The molecule has 2 fully saturated rings. The first kappa shape index (κ1) is 28.4. The summed E-state index contributed by atoms with van der Waals surface area (Å²) in [5, 5.41) is 19.9. The third kappa shape index (κ3) is 7.47. The number of benzene rings is 2. The second-order valence-electron chi connectivity index (χ2n) is 10.1. The van der Waals surface area contributed by atoms with E-state index in [0.717, 1.165) is 36.7 Å². The minimum atomic E-state index is -0.260. The molecule has 0 saturated carbocycles. The molecular formula is C29H35N5O4S. The highest BCUT2D eigenvalue weighted by atomic mass is 32.2. The highest BCUT2D eigenvalue weighted by Crippen LogP contribution is 2.30. The minimum Gasteiger partial charge on any atom is -0.457 e. The van der Waals surface area contributed by atoms with Crippen LogP contribution in [0.15, 0.2) is 42.5 Å². The Kier molecular flexibility index (Phi) is 9.40. The van der Waals surface area contributed by atoms with Crippen molar-refractivity contribution in [3.8, 4) is 11.5 Å². The molecule has 0 spiro atoms. The van der Waals surface area contributed by atoms with Gasteiger partial charge in [0.15, 0.2) is 0 Å². The summed E-state index contributed by atoms with van der Waals surface area (Å²) >= 11 is 1.13. The lowest BCUT2D eigenvalue weighted by Gasteiger charge is -2.19. The SMILES string of the molecule is CC(C)C(=N)SC(=N)c1ccc(Oc2cc(C(=O)NCCN3CCCC3=O)ccc2CN2CCCC2=O)cc1. The summed E-state index contributed by atoms with van der Waals surface area (Å²) < 4.78 is 6.21. The van der Waals surface area contributed by atoms with Crippen molar-refractivity contribution < 1.29 is 19.1 Å². The zero-order valence-corrected chi connectivity index (χ0v) is 23.2. The number of nitrogens with zero attached hydrogens (tertiary/aromatic N) is 2. The molecule has 2 heterocycles. The van der Waals surface area contributed by atoms with Gasteiger partial charge in [0.25, 0.3) is 5.91 Å². The molecule has 10 heteroatoms. The lowest BCUT2D eigenvalue weighted by atomic mass is 10.1. The van der Waals surface area contributed by atoms with Crippen molar-refractivity contribution in [2.75, 3.05) is 26.2 Å². The molecule has 0 unspecified atom stereocenters. The predicted octanol–water partition coefficient (Wildman–Crippen LogP) is 4.65. The van der Waals surface area contributed by atoms with Gasteiger partial charge >= 0.3 is 0 Å². The fourth-order valence-electron chi connectivity index (χ4n) is 4.43. The van der Waals surface area contributed by atoms with E-state index in [2.05, 4.69) is 5.32 Å². The number of amides is 3. The first-order valence-corrected chi connectivity index (χ1v) is 14.1. The molecule has 0 aromatic heterocycles. The summed E-state index contributed by atoms with van der Waals surface area (Å²) in [6.45, 7) is 6.52. The van der Waals surface area contributed by atoms with Crippen LogP contribution in [0.25, 0.3) is 0 Å². The molecule has 2 aromatic carbocycles. The lowest BCUT2D eigenvalue weighted by Crippen LogP contribution is -2.35. The number of rotatable bonds is 10. The van der Waals surface area contributed by atoms with Gasteiger partial charge in [-0.3, -0.25) is 25.2 Å². The van der Waals surface area contributed by atoms with Crippen molar-refractivity contribution in [2.24, 2.45) is 5.92 Å². The summed E-state index contributed by atoms with van der Waals surface area (Å²) in [6.07, 6.45) is 2.79. The number of ether oxygens (including phenoxy) is 1. The molecule has 2 saturated heterocycles. The quantitative estimate of drug-likeness (QED) is 0.294. The highest BCUT2D eigenvalue weighted by molar-refractivity contribution is 8.26. The molecule has 0 atom stereocenters. The van der Waals surface area contributed by atoms with Crippen molar-refractivity contribution in [1.29, 1.82) is 10.8 Å². The van der Waals surface area contributed by atoms with Gasteiger partial charge in [-0.25, -0.2) is 0 Å². The van der Waals surface area contributed by atoms with E-state index >= 15 is 0 Å². The van der Waals surface area contributed by atoms with E-state index in [1.54, 1.807) is 46.2 Å². The van der Waals surface area contributed by atoms with Crippen LogP contribution >= 0.6 is 11.8 Å². The van der Waals surface area contributed by atoms with Gasteiger partial charge < -0.3 is 19.9 Å². The second kappa shape index (κ2) is 12.9. The lowest BCUT2D eigenvalue weighted by molar-refractivity contribution is -0.128. The Morgan fingerprint density at radius 2 is 1.62 bits per heavy atom. The molecule has 2 aromatic rings. The van der Waals surface area contributed by atoms with Crippen LogP contribution in [0.5, 0.6) is 11.5 Å². The molecule has 3 N–H and O–H groups in total. The van der Waals surface area contributed by atoms with Crippen LogP contribution in [0.3, 0.4) is 0 Å². The van der Waals surface area contributed by atoms with Crippen LogP contribution < -0.4 is 10.1 Å². The molecule has 9 nitrogen and oxygen atoms in total. The van der Waals surface area contributed by atoms with Gasteiger partial charge in [0.05, 0.1) is 5.04 Å². The molecule has 206 valence electrons. The average Bonchev–Trinajstić information content (AvgIpc) is 3.52. The number of nitrogens with one attached hydrogen (secondary N) is 3. The molecule has 3 amide bonds. The van der Waals surface area contributed by atoms with Crippen molar-refractivity contribution >= 4 is 39.6 Å². The van der Waals surface area contributed by atoms with Crippen LogP contribution in [-0.4, -0.2) is 63.8 Å².